The van der Waals surface area contributed by atoms with Gasteiger partial charge in [-0.1, -0.05) is 0 Å². The van der Waals surface area contributed by atoms with E-state index in [-0.39, 0.29) is 5.54 Å². The molecule has 1 aromatic heterocycles. The number of nitrogens with one attached hydrogen (secondary N) is 1. The maximum Gasteiger partial charge on any atom is 0.132 e. The summed E-state index contributed by atoms with van der Waals surface area (Å²) in [5.74, 6) is 2.58. The minimum Gasteiger partial charge on any atom is -0.351 e. The molecule has 0 aliphatic carbocycles. The quantitative estimate of drug-likeness (QED) is 0.790. The second-order valence-electron chi connectivity index (χ2n) is 5.81. The molecule has 0 saturated carbocycles. The number of fused-ring (bicyclic) bond motifs is 1. The first-order valence-corrected chi connectivity index (χ1v) is 6.36. The Morgan fingerprint density at radius 3 is 2.88 bits per heavy atom. The summed E-state index contributed by atoms with van der Waals surface area (Å²) in [5.41, 5.74) is 1.23. The van der Waals surface area contributed by atoms with Crippen LogP contribution in [0, 0.1) is 18.8 Å². The smallest absolute Gasteiger partial charge is 0.132 e. The van der Waals surface area contributed by atoms with E-state index >= 15 is 0 Å². The molecular formula is C13H20N4. The lowest BCUT2D eigenvalue weighted by Gasteiger charge is -2.36. The van der Waals surface area contributed by atoms with Crippen molar-refractivity contribution in [3.63, 3.8) is 0 Å². The molecule has 2 saturated heterocycles. The van der Waals surface area contributed by atoms with Crippen LogP contribution in [0.5, 0.6) is 0 Å². The van der Waals surface area contributed by atoms with Crippen molar-refractivity contribution in [2.45, 2.75) is 26.3 Å². The maximum absolute atomic E-state index is 4.44. The lowest BCUT2D eigenvalue weighted by Crippen LogP contribution is -2.45. The van der Waals surface area contributed by atoms with Gasteiger partial charge in [-0.3, -0.25) is 0 Å². The molecule has 4 nitrogen and oxygen atoms in total. The highest BCUT2D eigenvalue weighted by molar-refractivity contribution is 5.45. The molecule has 1 aromatic rings. The molecule has 2 fully saturated rings. The van der Waals surface area contributed by atoms with Crippen LogP contribution in [0.1, 0.15) is 19.5 Å². The molecule has 0 radical (unpaired) electrons. The first-order chi connectivity index (χ1) is 8.09. The first-order valence-electron chi connectivity index (χ1n) is 6.36. The van der Waals surface area contributed by atoms with E-state index in [1.165, 1.54) is 0 Å². The van der Waals surface area contributed by atoms with Crippen molar-refractivity contribution in [1.82, 2.24) is 15.3 Å². The molecule has 92 valence electrons. The Hall–Kier alpha value is -1.16. The summed E-state index contributed by atoms with van der Waals surface area (Å²) >= 11 is 0. The van der Waals surface area contributed by atoms with Gasteiger partial charge in [-0.25, -0.2) is 9.97 Å². The van der Waals surface area contributed by atoms with E-state index in [1.54, 1.807) is 6.33 Å². The van der Waals surface area contributed by atoms with E-state index in [0.29, 0.717) is 0 Å². The zero-order valence-corrected chi connectivity index (χ0v) is 10.8. The van der Waals surface area contributed by atoms with Gasteiger partial charge in [-0.05, 0) is 32.6 Å². The fourth-order valence-corrected chi connectivity index (χ4v) is 3.40. The number of hydrogen-bond acceptors (Lipinski definition) is 4. The van der Waals surface area contributed by atoms with Crippen LogP contribution in [0.2, 0.25) is 0 Å². The third kappa shape index (κ3) is 1.62. The summed E-state index contributed by atoms with van der Waals surface area (Å²) in [4.78, 5) is 11.1. The van der Waals surface area contributed by atoms with Gasteiger partial charge < -0.3 is 10.2 Å². The van der Waals surface area contributed by atoms with Crippen molar-refractivity contribution >= 4 is 5.82 Å². The molecule has 3 rings (SSSR count). The lowest BCUT2D eigenvalue weighted by atomic mass is 9.85. The fourth-order valence-electron chi connectivity index (χ4n) is 3.40. The van der Waals surface area contributed by atoms with Gasteiger partial charge in [0.15, 0.2) is 0 Å². The molecule has 4 heteroatoms. The molecule has 3 heterocycles. The third-order valence-corrected chi connectivity index (χ3v) is 4.43. The van der Waals surface area contributed by atoms with E-state index in [2.05, 4.69) is 40.1 Å². The number of rotatable bonds is 1. The van der Waals surface area contributed by atoms with Gasteiger partial charge in [-0.2, -0.15) is 0 Å². The van der Waals surface area contributed by atoms with Crippen molar-refractivity contribution in [2.75, 3.05) is 24.5 Å². The highest BCUT2D eigenvalue weighted by Gasteiger charge is 2.49. The monoisotopic (exact) mass is 232 g/mol. The van der Waals surface area contributed by atoms with Crippen molar-refractivity contribution < 1.29 is 0 Å². The average molecular weight is 232 g/mol. The van der Waals surface area contributed by atoms with Gasteiger partial charge in [0.05, 0.1) is 0 Å². The van der Waals surface area contributed by atoms with Crippen molar-refractivity contribution in [1.29, 1.82) is 0 Å². The summed E-state index contributed by atoms with van der Waals surface area (Å²) in [5, 5.41) is 3.50. The molecule has 0 bridgehead atoms. The van der Waals surface area contributed by atoms with E-state index in [4.69, 9.17) is 0 Å². The minimum absolute atomic E-state index is 0.189. The van der Waals surface area contributed by atoms with Gasteiger partial charge in [0.2, 0.25) is 0 Å². The van der Waals surface area contributed by atoms with Crippen molar-refractivity contribution in [3.05, 3.63) is 18.1 Å². The second kappa shape index (κ2) is 3.67. The van der Waals surface area contributed by atoms with Crippen LogP contribution in [0.4, 0.5) is 5.82 Å². The molecule has 2 unspecified atom stereocenters. The van der Waals surface area contributed by atoms with E-state index in [0.717, 1.165) is 43.0 Å². The largest absolute Gasteiger partial charge is 0.351 e. The molecule has 2 aliphatic heterocycles. The standard InChI is InChI=1S/C13H20N4/c1-9-4-12(16-8-15-9)17-7-10-5-14-6-11(10)13(17,2)3/h4,8,10-11,14H,5-7H2,1-3H3. The molecule has 0 aromatic carbocycles. The number of aromatic nitrogens is 2. The van der Waals surface area contributed by atoms with Crippen LogP contribution >= 0.6 is 0 Å². The summed E-state index contributed by atoms with van der Waals surface area (Å²) in [6, 6.07) is 2.09. The van der Waals surface area contributed by atoms with Crippen molar-refractivity contribution in [2.24, 2.45) is 11.8 Å². The molecular weight excluding hydrogens is 212 g/mol. The van der Waals surface area contributed by atoms with Crippen LogP contribution in [-0.4, -0.2) is 35.1 Å². The number of hydrogen-bond donors (Lipinski definition) is 1. The van der Waals surface area contributed by atoms with Crippen LogP contribution in [0.15, 0.2) is 12.4 Å². The summed E-state index contributed by atoms with van der Waals surface area (Å²) in [6.45, 7) is 10.1. The predicted molar refractivity (Wildman–Crippen MR) is 68.0 cm³/mol. The van der Waals surface area contributed by atoms with Crippen LogP contribution < -0.4 is 10.2 Å². The third-order valence-electron chi connectivity index (χ3n) is 4.43. The normalized spacial score (nSPS) is 30.6. The summed E-state index contributed by atoms with van der Waals surface area (Å²) in [6.07, 6.45) is 1.67. The summed E-state index contributed by atoms with van der Waals surface area (Å²) in [7, 11) is 0. The first kappa shape index (κ1) is 11.0. The maximum atomic E-state index is 4.44. The highest BCUT2D eigenvalue weighted by Crippen LogP contribution is 2.42. The van der Waals surface area contributed by atoms with Gasteiger partial charge >= 0.3 is 0 Å². The Kier molecular flexibility index (Phi) is 2.36. The Balaban J connectivity index is 1.94. The SMILES string of the molecule is Cc1cc(N2CC3CNCC3C2(C)C)ncn1. The zero-order chi connectivity index (χ0) is 12.0. The zero-order valence-electron chi connectivity index (χ0n) is 10.8. The van der Waals surface area contributed by atoms with Gasteiger partial charge in [0, 0.05) is 36.9 Å². The van der Waals surface area contributed by atoms with Gasteiger partial charge in [0.1, 0.15) is 12.1 Å². The molecule has 0 spiro atoms. The second-order valence-corrected chi connectivity index (χ2v) is 5.81. The number of nitrogens with zero attached hydrogens (tertiary/aromatic N) is 3. The summed E-state index contributed by atoms with van der Waals surface area (Å²) < 4.78 is 0. The van der Waals surface area contributed by atoms with Gasteiger partial charge in [-0.15, -0.1) is 0 Å². The van der Waals surface area contributed by atoms with Gasteiger partial charge in [0.25, 0.3) is 0 Å². The van der Waals surface area contributed by atoms with Crippen LogP contribution in [-0.2, 0) is 0 Å². The van der Waals surface area contributed by atoms with E-state index in [1.807, 2.05) is 6.92 Å². The van der Waals surface area contributed by atoms with Crippen LogP contribution in [0.25, 0.3) is 0 Å². The Bertz CT molecular complexity index is 429. The highest BCUT2D eigenvalue weighted by atomic mass is 15.3. The lowest BCUT2D eigenvalue weighted by molar-refractivity contribution is 0.356. The molecule has 2 atom stereocenters. The van der Waals surface area contributed by atoms with E-state index < -0.39 is 0 Å². The molecule has 1 N–H and O–H groups in total. The van der Waals surface area contributed by atoms with Crippen molar-refractivity contribution in [3.8, 4) is 0 Å². The minimum atomic E-state index is 0.189. The Labute approximate surface area is 102 Å². The number of anilines is 1. The number of aryl methyl sites for hydroxylation is 1. The fraction of sp³-hybridized carbons (Fsp3) is 0.692. The topological polar surface area (TPSA) is 41.0 Å². The predicted octanol–water partition coefficient (Wildman–Crippen LogP) is 1.22. The molecule has 0 amide bonds. The van der Waals surface area contributed by atoms with Crippen LogP contribution in [0.3, 0.4) is 0 Å². The molecule has 2 aliphatic rings. The molecule has 17 heavy (non-hydrogen) atoms. The average Bonchev–Trinajstić information content (AvgIpc) is 2.81. The van der Waals surface area contributed by atoms with E-state index in [9.17, 15) is 0 Å². The Morgan fingerprint density at radius 2 is 2.18 bits per heavy atom. The Morgan fingerprint density at radius 1 is 1.35 bits per heavy atom.